The van der Waals surface area contributed by atoms with E-state index in [0.717, 1.165) is 28.9 Å². The summed E-state index contributed by atoms with van der Waals surface area (Å²) in [6, 6.07) is 13.5. The Morgan fingerprint density at radius 3 is 2.81 bits per heavy atom. The van der Waals surface area contributed by atoms with Gasteiger partial charge in [0.1, 0.15) is 0 Å². The normalized spacial score (nSPS) is 12.6. The van der Waals surface area contributed by atoms with Crippen LogP contribution in [0.3, 0.4) is 0 Å². The predicted molar refractivity (Wildman–Crippen MR) is 105 cm³/mol. The van der Waals surface area contributed by atoms with Crippen LogP contribution in [0.5, 0.6) is 11.5 Å². The predicted octanol–water partition coefficient (Wildman–Crippen LogP) is 4.35. The highest BCUT2D eigenvalue weighted by atomic mass is 16.7. The first-order chi connectivity index (χ1) is 13.1. The number of amides is 2. The maximum Gasteiger partial charge on any atom is 0.319 e. The number of rotatable bonds is 5. The summed E-state index contributed by atoms with van der Waals surface area (Å²) in [6.07, 6.45) is 2.09. The van der Waals surface area contributed by atoms with E-state index in [1.54, 1.807) is 0 Å². The van der Waals surface area contributed by atoms with Crippen molar-refractivity contribution >= 4 is 22.6 Å². The van der Waals surface area contributed by atoms with E-state index < -0.39 is 0 Å². The lowest BCUT2D eigenvalue weighted by Gasteiger charge is -2.10. The van der Waals surface area contributed by atoms with Gasteiger partial charge in [-0.25, -0.2) is 4.79 Å². The van der Waals surface area contributed by atoms with Crippen LogP contribution >= 0.6 is 0 Å². The molecule has 0 radical (unpaired) electrons. The molecule has 6 nitrogen and oxygen atoms in total. The van der Waals surface area contributed by atoms with Crippen LogP contribution < -0.4 is 20.1 Å². The van der Waals surface area contributed by atoms with Gasteiger partial charge in [0.15, 0.2) is 11.5 Å². The summed E-state index contributed by atoms with van der Waals surface area (Å²) in [5, 5.41) is 6.87. The van der Waals surface area contributed by atoms with Crippen molar-refractivity contribution in [3.63, 3.8) is 0 Å². The summed E-state index contributed by atoms with van der Waals surface area (Å²) in [5.74, 6) is 2.03. The van der Waals surface area contributed by atoms with Gasteiger partial charge in [-0.3, -0.25) is 0 Å². The molecule has 27 heavy (non-hydrogen) atoms. The minimum atomic E-state index is -0.242. The van der Waals surface area contributed by atoms with E-state index >= 15 is 0 Å². The lowest BCUT2D eigenvalue weighted by molar-refractivity contribution is 0.174. The van der Waals surface area contributed by atoms with Crippen LogP contribution in [0.2, 0.25) is 0 Å². The number of aromatic nitrogens is 1. The molecule has 6 heteroatoms. The third-order valence-corrected chi connectivity index (χ3v) is 4.48. The summed E-state index contributed by atoms with van der Waals surface area (Å²) in [4.78, 5) is 12.2. The fourth-order valence-corrected chi connectivity index (χ4v) is 3.24. The Balaban J connectivity index is 1.37. The number of urea groups is 1. The summed E-state index contributed by atoms with van der Waals surface area (Å²) in [7, 11) is 0. The standard InChI is InChI=1S/C21H23N3O3/c1-14(2)12-24-8-7-16-10-17(4-5-18(16)24)23-21(25)22-11-15-3-6-19-20(9-15)27-13-26-19/h3-10,14H,11-13H2,1-2H3,(H2,22,23,25). The molecule has 1 aromatic heterocycles. The van der Waals surface area contributed by atoms with Crippen LogP contribution in [-0.2, 0) is 13.1 Å². The number of carbonyl (C=O) groups is 1. The lowest BCUT2D eigenvalue weighted by atomic mass is 10.2. The fourth-order valence-electron chi connectivity index (χ4n) is 3.24. The maximum atomic E-state index is 12.2. The lowest BCUT2D eigenvalue weighted by Crippen LogP contribution is -2.28. The van der Waals surface area contributed by atoms with E-state index in [2.05, 4.69) is 41.3 Å². The number of fused-ring (bicyclic) bond motifs is 2. The second kappa shape index (κ2) is 7.23. The van der Waals surface area contributed by atoms with Crippen LogP contribution in [-0.4, -0.2) is 17.4 Å². The SMILES string of the molecule is CC(C)Cn1ccc2cc(NC(=O)NCc3ccc4c(c3)OCO4)ccc21. The average molecular weight is 365 g/mol. The quantitative estimate of drug-likeness (QED) is 0.707. The summed E-state index contributed by atoms with van der Waals surface area (Å²) in [6.45, 7) is 6.04. The molecule has 0 bridgehead atoms. The van der Waals surface area contributed by atoms with E-state index in [4.69, 9.17) is 9.47 Å². The number of benzene rings is 2. The monoisotopic (exact) mass is 365 g/mol. The average Bonchev–Trinajstić information content (AvgIpc) is 3.26. The Kier molecular flexibility index (Phi) is 4.62. The summed E-state index contributed by atoms with van der Waals surface area (Å²) in [5.41, 5.74) is 2.90. The minimum absolute atomic E-state index is 0.242. The molecule has 0 atom stereocenters. The van der Waals surface area contributed by atoms with Gasteiger partial charge in [0.05, 0.1) is 0 Å². The summed E-state index contributed by atoms with van der Waals surface area (Å²) >= 11 is 0. The van der Waals surface area contributed by atoms with Gasteiger partial charge in [0.2, 0.25) is 6.79 Å². The molecular formula is C21H23N3O3. The molecule has 1 aliphatic rings. The van der Waals surface area contributed by atoms with Crippen molar-refractivity contribution in [2.75, 3.05) is 12.1 Å². The van der Waals surface area contributed by atoms with Crippen molar-refractivity contribution in [1.29, 1.82) is 0 Å². The van der Waals surface area contributed by atoms with E-state index in [1.165, 1.54) is 5.52 Å². The van der Waals surface area contributed by atoms with E-state index in [0.29, 0.717) is 18.2 Å². The third-order valence-electron chi connectivity index (χ3n) is 4.48. The Hall–Kier alpha value is -3.15. The molecule has 0 fully saturated rings. The number of nitrogens with zero attached hydrogens (tertiary/aromatic N) is 1. The first-order valence-electron chi connectivity index (χ1n) is 9.11. The van der Waals surface area contributed by atoms with Gasteiger partial charge in [-0.2, -0.15) is 0 Å². The van der Waals surface area contributed by atoms with Crippen molar-refractivity contribution in [1.82, 2.24) is 9.88 Å². The van der Waals surface area contributed by atoms with Crippen molar-refractivity contribution < 1.29 is 14.3 Å². The number of hydrogen-bond acceptors (Lipinski definition) is 3. The number of hydrogen-bond donors (Lipinski definition) is 2. The molecule has 2 amide bonds. The zero-order chi connectivity index (χ0) is 18.8. The molecule has 0 unspecified atom stereocenters. The van der Waals surface area contributed by atoms with Crippen molar-refractivity contribution in [2.45, 2.75) is 26.9 Å². The van der Waals surface area contributed by atoms with Crippen LogP contribution in [0.25, 0.3) is 10.9 Å². The molecule has 0 spiro atoms. The zero-order valence-corrected chi connectivity index (χ0v) is 15.5. The van der Waals surface area contributed by atoms with Gasteiger partial charge >= 0.3 is 6.03 Å². The van der Waals surface area contributed by atoms with Gasteiger partial charge < -0.3 is 24.7 Å². The number of anilines is 1. The molecule has 4 rings (SSSR count). The molecule has 0 saturated heterocycles. The van der Waals surface area contributed by atoms with Gasteiger partial charge in [0, 0.05) is 35.9 Å². The van der Waals surface area contributed by atoms with Crippen molar-refractivity contribution in [2.24, 2.45) is 5.92 Å². The fraction of sp³-hybridized carbons (Fsp3) is 0.286. The Labute approximate surface area is 158 Å². The molecule has 0 saturated carbocycles. The highest BCUT2D eigenvalue weighted by Crippen LogP contribution is 2.32. The van der Waals surface area contributed by atoms with Crippen LogP contribution in [0.4, 0.5) is 10.5 Å². The topological polar surface area (TPSA) is 64.5 Å². The zero-order valence-electron chi connectivity index (χ0n) is 15.5. The van der Waals surface area contributed by atoms with Gasteiger partial charge in [-0.15, -0.1) is 0 Å². The molecule has 3 aromatic rings. The molecule has 1 aliphatic heterocycles. The number of carbonyl (C=O) groups excluding carboxylic acids is 1. The van der Waals surface area contributed by atoms with Crippen molar-refractivity contribution in [3.8, 4) is 11.5 Å². The molecular weight excluding hydrogens is 342 g/mol. The van der Waals surface area contributed by atoms with Crippen LogP contribution in [0.1, 0.15) is 19.4 Å². The maximum absolute atomic E-state index is 12.2. The Bertz CT molecular complexity index is 978. The first-order valence-corrected chi connectivity index (χ1v) is 9.11. The summed E-state index contributed by atoms with van der Waals surface area (Å²) < 4.78 is 12.9. The third kappa shape index (κ3) is 3.84. The second-order valence-corrected chi connectivity index (χ2v) is 7.13. The highest BCUT2D eigenvalue weighted by molar-refractivity contribution is 5.92. The molecule has 2 N–H and O–H groups in total. The number of ether oxygens (including phenoxy) is 2. The van der Waals surface area contributed by atoms with E-state index in [-0.39, 0.29) is 12.8 Å². The Morgan fingerprint density at radius 1 is 1.11 bits per heavy atom. The minimum Gasteiger partial charge on any atom is -0.454 e. The van der Waals surface area contributed by atoms with Gasteiger partial charge in [-0.1, -0.05) is 19.9 Å². The number of nitrogens with one attached hydrogen (secondary N) is 2. The van der Waals surface area contributed by atoms with Crippen LogP contribution in [0, 0.1) is 5.92 Å². The Morgan fingerprint density at radius 2 is 1.96 bits per heavy atom. The molecule has 0 aliphatic carbocycles. The van der Waals surface area contributed by atoms with Gasteiger partial charge in [-0.05, 0) is 47.9 Å². The molecule has 2 heterocycles. The second-order valence-electron chi connectivity index (χ2n) is 7.13. The smallest absolute Gasteiger partial charge is 0.319 e. The largest absolute Gasteiger partial charge is 0.454 e. The van der Waals surface area contributed by atoms with Crippen LogP contribution in [0.15, 0.2) is 48.7 Å². The van der Waals surface area contributed by atoms with Crippen molar-refractivity contribution in [3.05, 3.63) is 54.2 Å². The highest BCUT2D eigenvalue weighted by Gasteiger charge is 2.13. The molecule has 140 valence electrons. The van der Waals surface area contributed by atoms with E-state index in [1.807, 2.05) is 36.4 Å². The van der Waals surface area contributed by atoms with E-state index in [9.17, 15) is 4.79 Å². The first kappa shape index (κ1) is 17.3. The molecule has 2 aromatic carbocycles. The van der Waals surface area contributed by atoms with Gasteiger partial charge in [0.25, 0.3) is 0 Å².